The first-order valence-corrected chi connectivity index (χ1v) is 4.31. The Hall–Kier alpha value is -1.58. The predicted octanol–water partition coefficient (Wildman–Crippen LogP) is 1.46. The molecule has 1 aliphatic rings. The lowest BCUT2D eigenvalue weighted by molar-refractivity contribution is -0.143. The SMILES string of the molecule is O=C(O)C1COc2cc(F)ccc2C1. The van der Waals surface area contributed by atoms with Crippen LogP contribution in [0.2, 0.25) is 0 Å². The van der Waals surface area contributed by atoms with Crippen molar-refractivity contribution in [3.8, 4) is 5.75 Å². The van der Waals surface area contributed by atoms with Gasteiger partial charge in [-0.05, 0) is 18.1 Å². The summed E-state index contributed by atoms with van der Waals surface area (Å²) in [6, 6.07) is 4.17. The molecule has 0 radical (unpaired) electrons. The van der Waals surface area contributed by atoms with Crippen LogP contribution in [0.4, 0.5) is 4.39 Å². The van der Waals surface area contributed by atoms with E-state index in [1.807, 2.05) is 0 Å². The Morgan fingerprint density at radius 2 is 2.36 bits per heavy atom. The highest BCUT2D eigenvalue weighted by atomic mass is 19.1. The summed E-state index contributed by atoms with van der Waals surface area (Å²) in [6.45, 7) is 0.117. The molecule has 0 saturated carbocycles. The maximum absolute atomic E-state index is 12.8. The molecule has 0 bridgehead atoms. The fourth-order valence-electron chi connectivity index (χ4n) is 1.50. The van der Waals surface area contributed by atoms with Crippen LogP contribution in [0, 0.1) is 11.7 Å². The Balaban J connectivity index is 2.27. The highest BCUT2D eigenvalue weighted by Crippen LogP contribution is 2.27. The Morgan fingerprint density at radius 1 is 1.57 bits per heavy atom. The minimum absolute atomic E-state index is 0.117. The number of hydrogen-bond donors (Lipinski definition) is 1. The summed E-state index contributed by atoms with van der Waals surface area (Å²) in [5, 5.41) is 8.76. The van der Waals surface area contributed by atoms with Gasteiger partial charge in [0.1, 0.15) is 18.2 Å². The molecule has 0 fully saturated rings. The van der Waals surface area contributed by atoms with Crippen molar-refractivity contribution in [3.05, 3.63) is 29.6 Å². The normalized spacial score (nSPS) is 19.6. The minimum Gasteiger partial charge on any atom is -0.492 e. The number of ether oxygens (including phenoxy) is 1. The van der Waals surface area contributed by atoms with E-state index in [1.54, 1.807) is 6.07 Å². The van der Waals surface area contributed by atoms with Crippen molar-refractivity contribution >= 4 is 5.97 Å². The van der Waals surface area contributed by atoms with Gasteiger partial charge >= 0.3 is 5.97 Å². The topological polar surface area (TPSA) is 46.5 Å². The van der Waals surface area contributed by atoms with E-state index in [9.17, 15) is 9.18 Å². The highest BCUT2D eigenvalue weighted by Gasteiger charge is 2.25. The van der Waals surface area contributed by atoms with E-state index in [1.165, 1.54) is 12.1 Å². The summed E-state index contributed by atoms with van der Waals surface area (Å²) in [7, 11) is 0. The lowest BCUT2D eigenvalue weighted by Gasteiger charge is -2.22. The minimum atomic E-state index is -0.875. The summed E-state index contributed by atoms with van der Waals surface area (Å²) in [5.41, 5.74) is 0.755. The lowest BCUT2D eigenvalue weighted by atomic mass is 9.97. The second kappa shape index (κ2) is 3.29. The molecule has 0 spiro atoms. The molecule has 4 heteroatoms. The number of benzene rings is 1. The van der Waals surface area contributed by atoms with Crippen LogP contribution in [-0.2, 0) is 11.2 Å². The van der Waals surface area contributed by atoms with E-state index in [0.29, 0.717) is 12.2 Å². The van der Waals surface area contributed by atoms with Crippen LogP contribution in [0.1, 0.15) is 5.56 Å². The van der Waals surface area contributed by atoms with Gasteiger partial charge in [0.15, 0.2) is 0 Å². The molecule has 0 amide bonds. The quantitative estimate of drug-likeness (QED) is 0.739. The van der Waals surface area contributed by atoms with Crippen LogP contribution in [-0.4, -0.2) is 17.7 Å². The van der Waals surface area contributed by atoms with Gasteiger partial charge in [-0.1, -0.05) is 6.07 Å². The van der Waals surface area contributed by atoms with Crippen LogP contribution < -0.4 is 4.74 Å². The Kier molecular flexibility index (Phi) is 2.11. The molecule has 0 aliphatic carbocycles. The molecule has 1 aromatic carbocycles. The van der Waals surface area contributed by atoms with Gasteiger partial charge in [0.05, 0.1) is 5.92 Å². The maximum atomic E-state index is 12.8. The van der Waals surface area contributed by atoms with Crippen molar-refractivity contribution in [1.29, 1.82) is 0 Å². The standard InChI is InChI=1S/C10H9FO3/c11-8-2-1-6-3-7(10(12)13)5-14-9(6)4-8/h1-2,4,7H,3,5H2,(H,12,13). The number of carboxylic acids is 1. The van der Waals surface area contributed by atoms with Gasteiger partial charge in [-0.3, -0.25) is 4.79 Å². The van der Waals surface area contributed by atoms with E-state index >= 15 is 0 Å². The average molecular weight is 196 g/mol. The van der Waals surface area contributed by atoms with Gasteiger partial charge in [0.25, 0.3) is 0 Å². The number of carboxylic acid groups (broad SMARTS) is 1. The second-order valence-corrected chi connectivity index (χ2v) is 3.30. The zero-order valence-electron chi connectivity index (χ0n) is 7.37. The third-order valence-electron chi connectivity index (χ3n) is 2.28. The van der Waals surface area contributed by atoms with Crippen molar-refractivity contribution < 1.29 is 19.0 Å². The van der Waals surface area contributed by atoms with Gasteiger partial charge in [0.2, 0.25) is 0 Å². The number of rotatable bonds is 1. The Morgan fingerprint density at radius 3 is 3.07 bits per heavy atom. The molecule has 1 unspecified atom stereocenters. The van der Waals surface area contributed by atoms with Crippen LogP contribution in [0.15, 0.2) is 18.2 Å². The third kappa shape index (κ3) is 1.55. The molecule has 1 heterocycles. The average Bonchev–Trinajstić information content (AvgIpc) is 2.16. The zero-order chi connectivity index (χ0) is 10.1. The monoisotopic (exact) mass is 196 g/mol. The number of halogens is 1. The molecule has 74 valence electrons. The second-order valence-electron chi connectivity index (χ2n) is 3.30. The van der Waals surface area contributed by atoms with E-state index in [4.69, 9.17) is 9.84 Å². The van der Waals surface area contributed by atoms with Gasteiger partial charge < -0.3 is 9.84 Å². The van der Waals surface area contributed by atoms with Crippen molar-refractivity contribution in [3.63, 3.8) is 0 Å². The summed E-state index contributed by atoms with van der Waals surface area (Å²) in [5.74, 6) is -1.30. The van der Waals surface area contributed by atoms with Gasteiger partial charge in [-0.2, -0.15) is 0 Å². The van der Waals surface area contributed by atoms with Gasteiger partial charge in [0, 0.05) is 6.07 Å². The summed E-state index contributed by atoms with van der Waals surface area (Å²) in [6.07, 6.45) is 0.408. The van der Waals surface area contributed by atoms with E-state index < -0.39 is 11.9 Å². The fraction of sp³-hybridized carbons (Fsp3) is 0.300. The molecule has 2 rings (SSSR count). The molecule has 1 N–H and O–H groups in total. The Labute approximate surface area is 80.1 Å². The highest BCUT2D eigenvalue weighted by molar-refractivity contribution is 5.71. The van der Waals surface area contributed by atoms with Crippen molar-refractivity contribution in [2.24, 2.45) is 5.92 Å². The molecule has 1 aromatic rings. The maximum Gasteiger partial charge on any atom is 0.310 e. The Bertz CT molecular complexity index is 376. The van der Waals surface area contributed by atoms with Gasteiger partial charge in [-0.25, -0.2) is 4.39 Å². The van der Waals surface area contributed by atoms with Crippen LogP contribution in [0.5, 0.6) is 5.75 Å². The first kappa shape index (κ1) is 8.99. The molecule has 3 nitrogen and oxygen atoms in total. The van der Waals surface area contributed by atoms with Crippen molar-refractivity contribution in [2.75, 3.05) is 6.61 Å². The third-order valence-corrected chi connectivity index (χ3v) is 2.28. The van der Waals surface area contributed by atoms with Gasteiger partial charge in [-0.15, -0.1) is 0 Å². The van der Waals surface area contributed by atoms with Crippen LogP contribution in [0.3, 0.4) is 0 Å². The summed E-state index contributed by atoms with van der Waals surface area (Å²) < 4.78 is 17.9. The number of carbonyl (C=O) groups is 1. The van der Waals surface area contributed by atoms with E-state index in [0.717, 1.165) is 5.56 Å². The molecule has 14 heavy (non-hydrogen) atoms. The predicted molar refractivity (Wildman–Crippen MR) is 46.7 cm³/mol. The molecule has 0 saturated heterocycles. The van der Waals surface area contributed by atoms with Crippen molar-refractivity contribution in [1.82, 2.24) is 0 Å². The van der Waals surface area contributed by atoms with Crippen molar-refractivity contribution in [2.45, 2.75) is 6.42 Å². The summed E-state index contributed by atoms with van der Waals surface area (Å²) >= 11 is 0. The first-order valence-electron chi connectivity index (χ1n) is 4.31. The fourth-order valence-corrected chi connectivity index (χ4v) is 1.50. The zero-order valence-corrected chi connectivity index (χ0v) is 7.37. The number of aliphatic carboxylic acids is 1. The first-order chi connectivity index (χ1) is 6.66. The molecular weight excluding hydrogens is 187 g/mol. The van der Waals surface area contributed by atoms with Crippen LogP contribution in [0.25, 0.3) is 0 Å². The lowest BCUT2D eigenvalue weighted by Crippen LogP contribution is -2.27. The molecule has 1 aliphatic heterocycles. The molecule has 0 aromatic heterocycles. The largest absolute Gasteiger partial charge is 0.492 e. The van der Waals surface area contributed by atoms with E-state index in [2.05, 4.69) is 0 Å². The van der Waals surface area contributed by atoms with E-state index in [-0.39, 0.29) is 12.4 Å². The molecular formula is C10H9FO3. The number of fused-ring (bicyclic) bond motifs is 1. The smallest absolute Gasteiger partial charge is 0.310 e. The number of hydrogen-bond acceptors (Lipinski definition) is 2. The molecule has 1 atom stereocenters. The van der Waals surface area contributed by atoms with Crippen LogP contribution >= 0.6 is 0 Å². The summed E-state index contributed by atoms with van der Waals surface area (Å²) in [4.78, 5) is 10.7.